The molecule has 0 fully saturated rings. The van der Waals surface area contributed by atoms with Crippen LogP contribution in [0, 0.1) is 11.6 Å². The third-order valence-electron chi connectivity index (χ3n) is 3.20. The summed E-state index contributed by atoms with van der Waals surface area (Å²) >= 11 is 0. The molecule has 2 rings (SSSR count). The standard InChI is InChI=1S/C16H16F2N2O/c1-20(10-11-7-8-13(17)14(18)9-11)16(21)15(19)12-5-3-2-4-6-12/h2-9,15H,10,19H2,1H3/t15-/m0/s1. The molecular formula is C16H16F2N2O. The first-order valence-electron chi connectivity index (χ1n) is 6.48. The molecule has 21 heavy (non-hydrogen) atoms. The summed E-state index contributed by atoms with van der Waals surface area (Å²) in [6.45, 7) is 0.163. The van der Waals surface area contributed by atoms with E-state index >= 15 is 0 Å². The van der Waals surface area contributed by atoms with Gasteiger partial charge in [0.05, 0.1) is 0 Å². The number of likely N-dealkylation sites (N-methyl/N-ethyl adjacent to an activating group) is 1. The van der Waals surface area contributed by atoms with Crippen LogP contribution in [0.3, 0.4) is 0 Å². The van der Waals surface area contributed by atoms with E-state index in [1.54, 1.807) is 31.3 Å². The summed E-state index contributed by atoms with van der Waals surface area (Å²) in [6.07, 6.45) is 0. The molecule has 1 atom stereocenters. The highest BCUT2D eigenvalue weighted by atomic mass is 19.2. The van der Waals surface area contributed by atoms with Gasteiger partial charge in [0.2, 0.25) is 5.91 Å². The smallest absolute Gasteiger partial charge is 0.244 e. The summed E-state index contributed by atoms with van der Waals surface area (Å²) in [5.74, 6) is -2.12. The van der Waals surface area contributed by atoms with Crippen molar-refractivity contribution in [3.63, 3.8) is 0 Å². The maximum Gasteiger partial charge on any atom is 0.244 e. The van der Waals surface area contributed by atoms with Crippen molar-refractivity contribution in [2.45, 2.75) is 12.6 Å². The molecule has 0 radical (unpaired) electrons. The molecule has 0 saturated heterocycles. The summed E-state index contributed by atoms with van der Waals surface area (Å²) in [4.78, 5) is 13.6. The lowest BCUT2D eigenvalue weighted by Crippen LogP contribution is -2.35. The fourth-order valence-corrected chi connectivity index (χ4v) is 2.03. The number of hydrogen-bond donors (Lipinski definition) is 1. The molecule has 0 unspecified atom stereocenters. The second-order valence-corrected chi connectivity index (χ2v) is 4.83. The lowest BCUT2D eigenvalue weighted by molar-refractivity contribution is -0.131. The lowest BCUT2D eigenvalue weighted by Gasteiger charge is -2.21. The third-order valence-corrected chi connectivity index (χ3v) is 3.20. The maximum absolute atomic E-state index is 13.2. The molecule has 0 aliphatic carbocycles. The Morgan fingerprint density at radius 3 is 2.43 bits per heavy atom. The Morgan fingerprint density at radius 1 is 1.14 bits per heavy atom. The van der Waals surface area contributed by atoms with Gasteiger partial charge in [0.1, 0.15) is 6.04 Å². The van der Waals surface area contributed by atoms with E-state index in [-0.39, 0.29) is 12.5 Å². The average molecular weight is 290 g/mol. The first-order valence-corrected chi connectivity index (χ1v) is 6.48. The number of carbonyl (C=O) groups excluding carboxylic acids is 1. The largest absolute Gasteiger partial charge is 0.340 e. The molecule has 2 aromatic carbocycles. The Labute approximate surface area is 122 Å². The summed E-state index contributed by atoms with van der Waals surface area (Å²) in [5.41, 5.74) is 7.13. The predicted octanol–water partition coefficient (Wildman–Crippen LogP) is 2.62. The minimum absolute atomic E-state index is 0.163. The van der Waals surface area contributed by atoms with Gasteiger partial charge in [-0.3, -0.25) is 4.79 Å². The number of nitrogens with zero attached hydrogens (tertiary/aromatic N) is 1. The molecular weight excluding hydrogens is 274 g/mol. The zero-order valence-corrected chi connectivity index (χ0v) is 11.6. The van der Waals surface area contributed by atoms with Crippen molar-refractivity contribution in [1.82, 2.24) is 4.90 Å². The SMILES string of the molecule is CN(Cc1ccc(F)c(F)c1)C(=O)[C@@H](N)c1ccccc1. The van der Waals surface area contributed by atoms with Gasteiger partial charge in [0.25, 0.3) is 0 Å². The zero-order valence-electron chi connectivity index (χ0n) is 11.6. The molecule has 0 aliphatic rings. The fraction of sp³-hybridized carbons (Fsp3) is 0.188. The van der Waals surface area contributed by atoms with Gasteiger partial charge in [-0.05, 0) is 23.3 Å². The van der Waals surface area contributed by atoms with Gasteiger partial charge < -0.3 is 10.6 Å². The van der Waals surface area contributed by atoms with Crippen LogP contribution in [0.15, 0.2) is 48.5 Å². The molecule has 0 heterocycles. The van der Waals surface area contributed by atoms with Crippen LogP contribution in [-0.2, 0) is 11.3 Å². The quantitative estimate of drug-likeness (QED) is 0.941. The fourth-order valence-electron chi connectivity index (χ4n) is 2.03. The van der Waals surface area contributed by atoms with Crippen molar-refractivity contribution in [1.29, 1.82) is 0 Å². The van der Waals surface area contributed by atoms with Gasteiger partial charge in [-0.1, -0.05) is 36.4 Å². The van der Waals surface area contributed by atoms with E-state index in [9.17, 15) is 13.6 Å². The number of nitrogens with two attached hydrogens (primary N) is 1. The lowest BCUT2D eigenvalue weighted by atomic mass is 10.1. The number of benzene rings is 2. The molecule has 0 saturated carbocycles. The number of halogens is 2. The minimum atomic E-state index is -0.930. The van der Waals surface area contributed by atoms with E-state index < -0.39 is 17.7 Å². The highest BCUT2D eigenvalue weighted by Crippen LogP contribution is 2.15. The molecule has 0 bridgehead atoms. The third kappa shape index (κ3) is 3.64. The van der Waals surface area contributed by atoms with Crippen LogP contribution in [0.4, 0.5) is 8.78 Å². The van der Waals surface area contributed by atoms with Crippen LogP contribution in [0.1, 0.15) is 17.2 Å². The van der Waals surface area contributed by atoms with Crippen LogP contribution in [0.2, 0.25) is 0 Å². The number of hydrogen-bond acceptors (Lipinski definition) is 2. The average Bonchev–Trinajstić information content (AvgIpc) is 2.50. The van der Waals surface area contributed by atoms with Gasteiger partial charge >= 0.3 is 0 Å². The van der Waals surface area contributed by atoms with Crippen molar-refractivity contribution in [2.24, 2.45) is 5.73 Å². The van der Waals surface area contributed by atoms with E-state index in [2.05, 4.69) is 0 Å². The summed E-state index contributed by atoms with van der Waals surface area (Å²) in [6, 6.07) is 11.8. The van der Waals surface area contributed by atoms with Crippen LogP contribution in [0.25, 0.3) is 0 Å². The van der Waals surface area contributed by atoms with Gasteiger partial charge in [0.15, 0.2) is 11.6 Å². The molecule has 110 valence electrons. The van der Waals surface area contributed by atoms with Crippen LogP contribution < -0.4 is 5.73 Å². The Bertz CT molecular complexity index is 631. The van der Waals surface area contributed by atoms with E-state index in [0.717, 1.165) is 12.1 Å². The van der Waals surface area contributed by atoms with Gasteiger partial charge in [-0.25, -0.2) is 8.78 Å². The summed E-state index contributed by atoms with van der Waals surface area (Å²) in [5, 5.41) is 0. The number of rotatable bonds is 4. The van der Waals surface area contributed by atoms with Crippen molar-refractivity contribution in [3.05, 3.63) is 71.3 Å². The Hall–Kier alpha value is -2.27. The van der Waals surface area contributed by atoms with Gasteiger partial charge in [0, 0.05) is 13.6 Å². The molecule has 3 nitrogen and oxygen atoms in total. The topological polar surface area (TPSA) is 46.3 Å². The summed E-state index contributed by atoms with van der Waals surface area (Å²) < 4.78 is 26.0. The molecule has 0 aliphatic heterocycles. The van der Waals surface area contributed by atoms with E-state index in [0.29, 0.717) is 11.1 Å². The molecule has 1 amide bonds. The van der Waals surface area contributed by atoms with Crippen molar-refractivity contribution >= 4 is 5.91 Å². The zero-order chi connectivity index (χ0) is 15.4. The maximum atomic E-state index is 13.2. The predicted molar refractivity (Wildman–Crippen MR) is 76.2 cm³/mol. The minimum Gasteiger partial charge on any atom is -0.340 e. The Balaban J connectivity index is 2.07. The second-order valence-electron chi connectivity index (χ2n) is 4.83. The van der Waals surface area contributed by atoms with E-state index in [4.69, 9.17) is 5.73 Å². The van der Waals surface area contributed by atoms with Gasteiger partial charge in [-0.15, -0.1) is 0 Å². The van der Waals surface area contributed by atoms with Crippen LogP contribution >= 0.6 is 0 Å². The molecule has 2 N–H and O–H groups in total. The first kappa shape index (κ1) is 15.1. The van der Waals surface area contributed by atoms with Gasteiger partial charge in [-0.2, -0.15) is 0 Å². The van der Waals surface area contributed by atoms with Crippen molar-refractivity contribution < 1.29 is 13.6 Å². The van der Waals surface area contributed by atoms with E-state index in [1.165, 1.54) is 11.0 Å². The molecule has 2 aromatic rings. The first-order chi connectivity index (χ1) is 9.99. The summed E-state index contributed by atoms with van der Waals surface area (Å²) in [7, 11) is 1.58. The van der Waals surface area contributed by atoms with Crippen molar-refractivity contribution in [3.8, 4) is 0 Å². The van der Waals surface area contributed by atoms with Crippen molar-refractivity contribution in [2.75, 3.05) is 7.05 Å². The van der Waals surface area contributed by atoms with E-state index in [1.807, 2.05) is 6.07 Å². The highest BCUT2D eigenvalue weighted by molar-refractivity contribution is 5.82. The van der Waals surface area contributed by atoms with Crippen LogP contribution in [-0.4, -0.2) is 17.9 Å². The Kier molecular flexibility index (Phi) is 4.65. The van der Waals surface area contributed by atoms with Crippen LogP contribution in [0.5, 0.6) is 0 Å². The number of amides is 1. The highest BCUT2D eigenvalue weighted by Gasteiger charge is 2.20. The molecule has 0 spiro atoms. The monoisotopic (exact) mass is 290 g/mol. The Morgan fingerprint density at radius 2 is 1.81 bits per heavy atom. The molecule has 5 heteroatoms. The second kappa shape index (κ2) is 6.45. The number of carbonyl (C=O) groups is 1. The normalized spacial score (nSPS) is 12.0. The molecule has 0 aromatic heterocycles.